The third kappa shape index (κ3) is 2.56. The highest BCUT2D eigenvalue weighted by Crippen LogP contribution is 2.26. The highest BCUT2D eigenvalue weighted by atomic mass is 127. The molecule has 0 spiro atoms. The van der Waals surface area contributed by atoms with Crippen LogP contribution in [-0.4, -0.2) is 0 Å². The first-order valence-corrected chi connectivity index (χ1v) is 5.19. The van der Waals surface area contributed by atoms with E-state index in [9.17, 15) is 0 Å². The molecule has 0 aliphatic heterocycles. The lowest BCUT2D eigenvalue weighted by molar-refractivity contribution is 0.744. The van der Waals surface area contributed by atoms with Crippen LogP contribution in [0.2, 0.25) is 5.02 Å². The van der Waals surface area contributed by atoms with Crippen LogP contribution in [0, 0.1) is 14.9 Å². The molecule has 0 heterocycles. The molecule has 1 atom stereocenters. The third-order valence-electron chi connectivity index (χ3n) is 1.69. The molecule has 0 aromatic heterocycles. The van der Waals surface area contributed by atoms with E-state index >= 15 is 0 Å². The van der Waals surface area contributed by atoms with E-state index in [0.717, 1.165) is 9.13 Å². The summed E-state index contributed by atoms with van der Waals surface area (Å²) in [6.07, 6.45) is 0.316. The molecule has 0 amide bonds. The first kappa shape index (κ1) is 10.8. The number of hydrogen-bond donors (Lipinski definition) is 1. The summed E-state index contributed by atoms with van der Waals surface area (Å²) < 4.78 is 0.935. The zero-order chi connectivity index (χ0) is 9.84. The van der Waals surface area contributed by atoms with Crippen molar-refractivity contribution in [1.82, 2.24) is 0 Å². The summed E-state index contributed by atoms with van der Waals surface area (Å²) in [5.74, 6) is 0. The predicted molar refractivity (Wildman–Crippen MR) is 61.3 cm³/mol. The Kier molecular flexibility index (Phi) is 3.97. The van der Waals surface area contributed by atoms with E-state index in [2.05, 4.69) is 22.6 Å². The van der Waals surface area contributed by atoms with E-state index in [1.54, 1.807) is 0 Å². The first-order valence-electron chi connectivity index (χ1n) is 3.73. The van der Waals surface area contributed by atoms with Gasteiger partial charge in [-0.1, -0.05) is 23.7 Å². The Morgan fingerprint density at radius 2 is 2.31 bits per heavy atom. The van der Waals surface area contributed by atoms with Crippen LogP contribution in [-0.2, 0) is 0 Å². The number of benzene rings is 1. The van der Waals surface area contributed by atoms with Crippen molar-refractivity contribution < 1.29 is 0 Å². The Hall–Kier alpha value is -0.310. The quantitative estimate of drug-likeness (QED) is 0.854. The van der Waals surface area contributed by atoms with Gasteiger partial charge in [0.15, 0.2) is 0 Å². The summed E-state index contributed by atoms with van der Waals surface area (Å²) in [5.41, 5.74) is 6.73. The minimum absolute atomic E-state index is 0.240. The SMILES string of the molecule is N#CC[C@@H](N)c1cccc(Cl)c1I. The zero-order valence-corrected chi connectivity index (χ0v) is 9.71. The molecular formula is C9H8ClIN2. The smallest absolute Gasteiger partial charge is 0.0641 e. The Morgan fingerprint density at radius 3 is 2.92 bits per heavy atom. The van der Waals surface area contributed by atoms with Crippen molar-refractivity contribution in [3.63, 3.8) is 0 Å². The van der Waals surface area contributed by atoms with Crippen LogP contribution in [0.4, 0.5) is 0 Å². The number of nitrogens with two attached hydrogens (primary N) is 1. The molecular weight excluding hydrogens is 298 g/mol. The Labute approximate surface area is 95.8 Å². The van der Waals surface area contributed by atoms with Gasteiger partial charge in [-0.3, -0.25) is 0 Å². The molecule has 1 aromatic rings. The van der Waals surface area contributed by atoms with Crippen molar-refractivity contribution >= 4 is 34.2 Å². The van der Waals surface area contributed by atoms with Crippen molar-refractivity contribution in [3.8, 4) is 6.07 Å². The van der Waals surface area contributed by atoms with Gasteiger partial charge < -0.3 is 5.73 Å². The number of rotatable bonds is 2. The highest BCUT2D eigenvalue weighted by molar-refractivity contribution is 14.1. The lowest BCUT2D eigenvalue weighted by Crippen LogP contribution is -2.10. The van der Waals surface area contributed by atoms with Crippen molar-refractivity contribution in [2.45, 2.75) is 12.5 Å². The van der Waals surface area contributed by atoms with Gasteiger partial charge in [0, 0.05) is 9.61 Å². The second-order valence-corrected chi connectivity index (χ2v) is 4.10. The van der Waals surface area contributed by atoms with Gasteiger partial charge in [0.05, 0.1) is 17.5 Å². The molecule has 0 saturated carbocycles. The van der Waals surface area contributed by atoms with Crippen LogP contribution in [0.15, 0.2) is 18.2 Å². The van der Waals surface area contributed by atoms with Crippen LogP contribution >= 0.6 is 34.2 Å². The number of halogens is 2. The van der Waals surface area contributed by atoms with E-state index in [-0.39, 0.29) is 6.04 Å². The average Bonchev–Trinajstić information content (AvgIpc) is 2.10. The van der Waals surface area contributed by atoms with E-state index < -0.39 is 0 Å². The molecule has 2 N–H and O–H groups in total. The molecule has 68 valence electrons. The van der Waals surface area contributed by atoms with Gasteiger partial charge in [-0.2, -0.15) is 5.26 Å². The second-order valence-electron chi connectivity index (χ2n) is 2.61. The molecule has 2 nitrogen and oxygen atoms in total. The van der Waals surface area contributed by atoms with Crippen molar-refractivity contribution in [2.24, 2.45) is 5.73 Å². The fourth-order valence-electron chi connectivity index (χ4n) is 1.02. The maximum atomic E-state index is 8.49. The molecule has 1 rings (SSSR count). The minimum Gasteiger partial charge on any atom is -0.323 e. The maximum absolute atomic E-state index is 8.49. The van der Waals surface area contributed by atoms with Crippen LogP contribution < -0.4 is 5.73 Å². The fourth-order valence-corrected chi connectivity index (χ4v) is 1.96. The summed E-state index contributed by atoms with van der Waals surface area (Å²) >= 11 is 8.05. The van der Waals surface area contributed by atoms with Gasteiger partial charge in [0.25, 0.3) is 0 Å². The molecule has 0 aliphatic rings. The van der Waals surface area contributed by atoms with Gasteiger partial charge in [-0.05, 0) is 34.2 Å². The molecule has 1 aromatic carbocycles. The Bertz CT molecular complexity index is 346. The normalized spacial score (nSPS) is 12.2. The number of nitrogens with zero attached hydrogens (tertiary/aromatic N) is 1. The molecule has 0 fully saturated rings. The summed E-state index contributed by atoms with van der Waals surface area (Å²) in [7, 11) is 0. The van der Waals surface area contributed by atoms with Crippen LogP contribution in [0.3, 0.4) is 0 Å². The van der Waals surface area contributed by atoms with Crippen molar-refractivity contribution in [1.29, 1.82) is 5.26 Å². The first-order chi connectivity index (χ1) is 6.16. The Morgan fingerprint density at radius 1 is 1.62 bits per heavy atom. The molecule has 0 saturated heterocycles. The van der Waals surface area contributed by atoms with Crippen LogP contribution in [0.25, 0.3) is 0 Å². The monoisotopic (exact) mass is 306 g/mol. The predicted octanol–water partition coefficient (Wildman–Crippen LogP) is 2.86. The fraction of sp³-hybridized carbons (Fsp3) is 0.222. The average molecular weight is 307 g/mol. The molecule has 13 heavy (non-hydrogen) atoms. The largest absolute Gasteiger partial charge is 0.323 e. The lowest BCUT2D eigenvalue weighted by atomic mass is 10.1. The summed E-state index contributed by atoms with van der Waals surface area (Å²) in [6.45, 7) is 0. The summed E-state index contributed by atoms with van der Waals surface area (Å²) in [5, 5.41) is 9.18. The molecule has 0 radical (unpaired) electrons. The second kappa shape index (κ2) is 4.80. The minimum atomic E-state index is -0.240. The molecule has 4 heteroatoms. The zero-order valence-electron chi connectivity index (χ0n) is 6.80. The van der Waals surface area contributed by atoms with Crippen molar-refractivity contribution in [2.75, 3.05) is 0 Å². The summed E-state index contributed by atoms with van der Waals surface area (Å²) in [6, 6.07) is 7.36. The Balaban J connectivity index is 3.02. The van der Waals surface area contributed by atoms with E-state index in [4.69, 9.17) is 22.6 Å². The number of hydrogen-bond acceptors (Lipinski definition) is 2. The standard InChI is InChI=1S/C9H8ClIN2/c10-7-3-1-2-6(9(7)11)8(13)4-5-12/h1-3,8H,4,13H2/t8-/m1/s1. The van der Waals surface area contributed by atoms with Gasteiger partial charge in [0.1, 0.15) is 0 Å². The molecule has 0 bridgehead atoms. The number of nitriles is 1. The molecule has 0 unspecified atom stereocenters. The maximum Gasteiger partial charge on any atom is 0.0641 e. The van der Waals surface area contributed by atoms with Crippen LogP contribution in [0.5, 0.6) is 0 Å². The highest BCUT2D eigenvalue weighted by Gasteiger charge is 2.10. The third-order valence-corrected chi connectivity index (χ3v) is 3.53. The van der Waals surface area contributed by atoms with E-state index in [1.807, 2.05) is 24.3 Å². The lowest BCUT2D eigenvalue weighted by Gasteiger charge is -2.10. The molecule has 0 aliphatic carbocycles. The van der Waals surface area contributed by atoms with Crippen LogP contribution in [0.1, 0.15) is 18.0 Å². The van der Waals surface area contributed by atoms with Crippen molar-refractivity contribution in [3.05, 3.63) is 32.4 Å². The van der Waals surface area contributed by atoms with Gasteiger partial charge in [-0.15, -0.1) is 0 Å². The van der Waals surface area contributed by atoms with Gasteiger partial charge >= 0.3 is 0 Å². The van der Waals surface area contributed by atoms with E-state index in [0.29, 0.717) is 11.4 Å². The topological polar surface area (TPSA) is 49.8 Å². The van der Waals surface area contributed by atoms with E-state index in [1.165, 1.54) is 0 Å². The van der Waals surface area contributed by atoms with Gasteiger partial charge in [-0.25, -0.2) is 0 Å². The van der Waals surface area contributed by atoms with Gasteiger partial charge in [0.2, 0.25) is 0 Å². The summed E-state index contributed by atoms with van der Waals surface area (Å²) in [4.78, 5) is 0.